The maximum Gasteiger partial charge on any atom is 0.338 e. The van der Waals surface area contributed by atoms with Crippen LogP contribution in [0, 0.1) is 0 Å². The van der Waals surface area contributed by atoms with E-state index < -0.39 is 0 Å². The molecule has 0 aliphatic carbocycles. The summed E-state index contributed by atoms with van der Waals surface area (Å²) in [5, 5.41) is 0. The Morgan fingerprint density at radius 1 is 1.13 bits per heavy atom. The van der Waals surface area contributed by atoms with Gasteiger partial charge in [-0.25, -0.2) is 9.78 Å². The number of aromatic nitrogens is 3. The zero-order valence-corrected chi connectivity index (χ0v) is 12.8. The molecular formula is C18H17N3O2. The van der Waals surface area contributed by atoms with E-state index in [0.29, 0.717) is 12.1 Å². The highest BCUT2D eigenvalue weighted by atomic mass is 16.5. The molecular weight excluding hydrogens is 290 g/mol. The Bertz CT molecular complexity index is 797. The van der Waals surface area contributed by atoms with Crippen LogP contribution in [-0.4, -0.2) is 27.6 Å². The van der Waals surface area contributed by atoms with Gasteiger partial charge in [-0.1, -0.05) is 18.2 Å². The molecule has 0 spiro atoms. The second-order valence-electron chi connectivity index (χ2n) is 5.15. The number of methoxy groups -OCH3 is 1. The summed E-state index contributed by atoms with van der Waals surface area (Å²) >= 11 is 0. The molecule has 0 aliphatic rings. The van der Waals surface area contributed by atoms with Gasteiger partial charge in [0.1, 0.15) is 5.82 Å². The first kappa shape index (κ1) is 15.0. The summed E-state index contributed by atoms with van der Waals surface area (Å²) in [5.74, 6) is 0.618. The van der Waals surface area contributed by atoms with E-state index in [1.54, 1.807) is 24.7 Å². The maximum atomic E-state index is 11.9. The van der Waals surface area contributed by atoms with Gasteiger partial charge >= 0.3 is 5.97 Å². The number of pyridine rings is 1. The molecule has 0 atom stereocenters. The van der Waals surface area contributed by atoms with Crippen LogP contribution in [0.5, 0.6) is 0 Å². The van der Waals surface area contributed by atoms with Crippen molar-refractivity contribution in [1.82, 2.24) is 14.5 Å². The molecule has 3 aromatic rings. The van der Waals surface area contributed by atoms with Crippen molar-refractivity contribution in [2.45, 2.75) is 13.0 Å². The zero-order chi connectivity index (χ0) is 16.1. The van der Waals surface area contributed by atoms with Crippen molar-refractivity contribution in [2.24, 2.45) is 0 Å². The van der Waals surface area contributed by atoms with E-state index in [4.69, 9.17) is 4.74 Å². The predicted octanol–water partition coefficient (Wildman–Crippen LogP) is 2.70. The molecule has 3 rings (SSSR count). The summed E-state index contributed by atoms with van der Waals surface area (Å²) in [6.45, 7) is 0.575. The number of carbonyl (C=O) groups is 1. The Morgan fingerprint density at radius 3 is 2.70 bits per heavy atom. The van der Waals surface area contributed by atoms with Gasteiger partial charge in [-0.05, 0) is 29.3 Å². The van der Waals surface area contributed by atoms with Gasteiger partial charge in [-0.3, -0.25) is 4.98 Å². The summed E-state index contributed by atoms with van der Waals surface area (Å²) < 4.78 is 6.90. The molecule has 23 heavy (non-hydrogen) atoms. The molecule has 0 fully saturated rings. The van der Waals surface area contributed by atoms with Crippen LogP contribution in [0.4, 0.5) is 0 Å². The Balaban J connectivity index is 1.85. The molecule has 0 aliphatic heterocycles. The maximum absolute atomic E-state index is 11.9. The highest BCUT2D eigenvalue weighted by molar-refractivity contribution is 5.90. The molecule has 2 heterocycles. The molecule has 0 N–H and O–H groups in total. The highest BCUT2D eigenvalue weighted by Crippen LogP contribution is 2.14. The van der Waals surface area contributed by atoms with Gasteiger partial charge in [0.15, 0.2) is 0 Å². The van der Waals surface area contributed by atoms with E-state index in [1.165, 1.54) is 7.11 Å². The van der Waals surface area contributed by atoms with Gasteiger partial charge in [0.2, 0.25) is 0 Å². The van der Waals surface area contributed by atoms with Crippen LogP contribution in [0.15, 0.2) is 61.2 Å². The number of carbonyl (C=O) groups excluding carboxylic acids is 1. The molecule has 1 aromatic carbocycles. The minimum Gasteiger partial charge on any atom is -0.465 e. The van der Waals surface area contributed by atoms with Crippen molar-refractivity contribution in [3.05, 3.63) is 83.7 Å². The molecule has 0 bridgehead atoms. The predicted molar refractivity (Wildman–Crippen MR) is 86.2 cm³/mol. The Hall–Kier alpha value is -2.95. The molecule has 0 saturated heterocycles. The van der Waals surface area contributed by atoms with Crippen molar-refractivity contribution >= 4 is 5.97 Å². The van der Waals surface area contributed by atoms with Crippen LogP contribution in [0.3, 0.4) is 0 Å². The second-order valence-corrected chi connectivity index (χ2v) is 5.15. The van der Waals surface area contributed by atoms with E-state index in [9.17, 15) is 4.79 Å². The lowest BCUT2D eigenvalue weighted by Gasteiger charge is -2.11. The Morgan fingerprint density at radius 2 is 1.91 bits per heavy atom. The van der Waals surface area contributed by atoms with Crippen LogP contribution in [0.1, 0.15) is 27.3 Å². The van der Waals surface area contributed by atoms with Gasteiger partial charge in [0.05, 0.1) is 12.7 Å². The van der Waals surface area contributed by atoms with E-state index >= 15 is 0 Å². The largest absolute Gasteiger partial charge is 0.465 e. The number of rotatable bonds is 5. The van der Waals surface area contributed by atoms with Gasteiger partial charge in [-0.2, -0.15) is 0 Å². The third-order valence-corrected chi connectivity index (χ3v) is 3.68. The number of imidazole rings is 1. The first-order valence-electron chi connectivity index (χ1n) is 7.33. The van der Waals surface area contributed by atoms with Crippen LogP contribution >= 0.6 is 0 Å². The average molecular weight is 307 g/mol. The first-order valence-corrected chi connectivity index (χ1v) is 7.33. The molecule has 0 amide bonds. The average Bonchev–Trinajstić information content (AvgIpc) is 3.02. The summed E-state index contributed by atoms with van der Waals surface area (Å²) in [7, 11) is 1.39. The number of nitrogens with zero attached hydrogens (tertiary/aromatic N) is 3. The van der Waals surface area contributed by atoms with E-state index in [-0.39, 0.29) is 5.97 Å². The van der Waals surface area contributed by atoms with Gasteiger partial charge in [0.25, 0.3) is 0 Å². The summed E-state index contributed by atoms with van der Waals surface area (Å²) in [6.07, 6.45) is 7.96. The second kappa shape index (κ2) is 6.87. The number of esters is 1. The van der Waals surface area contributed by atoms with Crippen molar-refractivity contribution in [3.63, 3.8) is 0 Å². The zero-order valence-electron chi connectivity index (χ0n) is 12.8. The lowest BCUT2D eigenvalue weighted by Crippen LogP contribution is -2.10. The monoisotopic (exact) mass is 307 g/mol. The van der Waals surface area contributed by atoms with Gasteiger partial charge in [-0.15, -0.1) is 0 Å². The molecule has 0 unspecified atom stereocenters. The topological polar surface area (TPSA) is 57.0 Å². The standard InChI is InChI=1S/C18H17N3O2/c1-23-18(22)16-5-3-2-4-15(16)13-21-11-10-20-17(21)12-14-6-8-19-9-7-14/h2-11H,12-13H2,1H3. The number of benzene rings is 1. The molecule has 2 aromatic heterocycles. The highest BCUT2D eigenvalue weighted by Gasteiger charge is 2.12. The Kier molecular flexibility index (Phi) is 4.47. The molecule has 5 heteroatoms. The van der Waals surface area contributed by atoms with Crippen molar-refractivity contribution < 1.29 is 9.53 Å². The lowest BCUT2D eigenvalue weighted by atomic mass is 10.1. The smallest absolute Gasteiger partial charge is 0.338 e. The quantitative estimate of drug-likeness (QED) is 0.680. The molecule has 0 saturated carbocycles. The summed E-state index contributed by atoms with van der Waals surface area (Å²) in [5.41, 5.74) is 2.64. The van der Waals surface area contributed by atoms with Gasteiger partial charge in [0, 0.05) is 37.8 Å². The summed E-state index contributed by atoms with van der Waals surface area (Å²) in [4.78, 5) is 20.3. The van der Waals surface area contributed by atoms with Gasteiger partial charge < -0.3 is 9.30 Å². The number of ether oxygens (including phenoxy) is 1. The summed E-state index contributed by atoms with van der Waals surface area (Å²) in [6, 6.07) is 11.4. The lowest BCUT2D eigenvalue weighted by molar-refractivity contribution is 0.0599. The molecule has 116 valence electrons. The first-order chi connectivity index (χ1) is 11.3. The molecule has 0 radical (unpaired) electrons. The van der Waals surface area contributed by atoms with Crippen LogP contribution in [-0.2, 0) is 17.7 Å². The Labute approximate surface area is 134 Å². The van der Waals surface area contributed by atoms with Crippen LogP contribution in [0.2, 0.25) is 0 Å². The van der Waals surface area contributed by atoms with Crippen molar-refractivity contribution in [1.29, 1.82) is 0 Å². The minimum atomic E-state index is -0.323. The fraction of sp³-hybridized carbons (Fsp3) is 0.167. The van der Waals surface area contributed by atoms with E-state index in [0.717, 1.165) is 23.4 Å². The van der Waals surface area contributed by atoms with Crippen LogP contribution in [0.25, 0.3) is 0 Å². The number of hydrogen-bond donors (Lipinski definition) is 0. The van der Waals surface area contributed by atoms with Crippen LogP contribution < -0.4 is 0 Å². The fourth-order valence-corrected chi connectivity index (χ4v) is 2.49. The third kappa shape index (κ3) is 3.45. The minimum absolute atomic E-state index is 0.323. The number of hydrogen-bond acceptors (Lipinski definition) is 4. The van der Waals surface area contributed by atoms with Crippen molar-refractivity contribution in [2.75, 3.05) is 7.11 Å². The molecule has 5 nitrogen and oxygen atoms in total. The van der Waals surface area contributed by atoms with E-state index in [1.807, 2.05) is 41.1 Å². The van der Waals surface area contributed by atoms with Crippen molar-refractivity contribution in [3.8, 4) is 0 Å². The third-order valence-electron chi connectivity index (χ3n) is 3.68. The normalized spacial score (nSPS) is 10.5. The fourth-order valence-electron chi connectivity index (χ4n) is 2.49. The SMILES string of the molecule is COC(=O)c1ccccc1Cn1ccnc1Cc1ccncc1. The van der Waals surface area contributed by atoms with E-state index in [2.05, 4.69) is 9.97 Å².